The van der Waals surface area contributed by atoms with E-state index in [4.69, 9.17) is 0 Å². The molecule has 0 radical (unpaired) electrons. The van der Waals surface area contributed by atoms with Crippen LogP contribution in [-0.4, -0.2) is 34.8 Å². The topological polar surface area (TPSA) is 117 Å². The molecule has 3 aromatic rings. The van der Waals surface area contributed by atoms with Crippen molar-refractivity contribution in [1.29, 1.82) is 0 Å². The highest BCUT2D eigenvalue weighted by Gasteiger charge is 2.24. The third kappa shape index (κ3) is 4.69. The molecule has 0 spiro atoms. The highest BCUT2D eigenvalue weighted by Crippen LogP contribution is 2.32. The average molecular weight is 437 g/mol. The molecule has 1 fully saturated rings. The largest absolute Gasteiger partial charge is 0.366 e. The fourth-order valence-corrected chi connectivity index (χ4v) is 3.92. The van der Waals surface area contributed by atoms with Crippen LogP contribution in [-0.2, 0) is 0 Å². The second-order valence-corrected chi connectivity index (χ2v) is 7.87. The number of carbonyl (C=O) groups excluding carboxylic acids is 2. The summed E-state index contributed by atoms with van der Waals surface area (Å²) in [6.45, 7) is 1.55. The van der Waals surface area contributed by atoms with Crippen molar-refractivity contribution < 1.29 is 14.5 Å². The standard InChI is InChI=1S/C21H19N5O4S/c27-19(24-21-22-9-12-31-21)14-3-6-16(7-4-14)23-20(28)15-5-8-17(18(13-15)26(29)30)25-10-1-2-11-25/h3-9,12-13H,1-2,10-11H2,(H,23,28)(H,22,24,27). The quantitative estimate of drug-likeness (QED) is 0.442. The van der Waals surface area contributed by atoms with Crippen molar-refractivity contribution in [3.05, 3.63) is 75.3 Å². The van der Waals surface area contributed by atoms with E-state index in [0.717, 1.165) is 25.9 Å². The van der Waals surface area contributed by atoms with E-state index in [2.05, 4.69) is 15.6 Å². The maximum Gasteiger partial charge on any atom is 0.293 e. The van der Waals surface area contributed by atoms with Gasteiger partial charge in [-0.05, 0) is 49.2 Å². The van der Waals surface area contributed by atoms with Crippen LogP contribution in [0.25, 0.3) is 0 Å². The lowest BCUT2D eigenvalue weighted by molar-refractivity contribution is -0.384. The summed E-state index contributed by atoms with van der Waals surface area (Å²) in [4.78, 5) is 41.9. The molecule has 0 aliphatic carbocycles. The molecule has 1 saturated heterocycles. The van der Waals surface area contributed by atoms with Gasteiger partial charge in [0.05, 0.1) is 4.92 Å². The highest BCUT2D eigenvalue weighted by molar-refractivity contribution is 7.13. The molecule has 9 nitrogen and oxygen atoms in total. The summed E-state index contributed by atoms with van der Waals surface area (Å²) in [5, 5.41) is 19.2. The Morgan fingerprint density at radius 3 is 2.32 bits per heavy atom. The number of nitro benzene ring substituents is 1. The molecule has 4 rings (SSSR count). The number of rotatable bonds is 6. The molecule has 0 bridgehead atoms. The molecule has 1 aromatic heterocycles. The van der Waals surface area contributed by atoms with Crippen LogP contribution in [0.5, 0.6) is 0 Å². The molecule has 10 heteroatoms. The Kier molecular flexibility index (Phi) is 5.89. The normalized spacial score (nSPS) is 13.1. The number of carbonyl (C=O) groups is 2. The van der Waals surface area contributed by atoms with Crippen molar-refractivity contribution in [2.45, 2.75) is 12.8 Å². The molecule has 0 atom stereocenters. The molecule has 1 aliphatic rings. The fraction of sp³-hybridized carbons (Fsp3) is 0.190. The summed E-state index contributed by atoms with van der Waals surface area (Å²) in [6, 6.07) is 10.9. The smallest absolute Gasteiger partial charge is 0.293 e. The summed E-state index contributed by atoms with van der Waals surface area (Å²) in [6.07, 6.45) is 3.59. The Balaban J connectivity index is 1.45. The molecule has 31 heavy (non-hydrogen) atoms. The average Bonchev–Trinajstić information content (AvgIpc) is 3.48. The van der Waals surface area contributed by atoms with Gasteiger partial charge in [-0.2, -0.15) is 0 Å². The third-order valence-electron chi connectivity index (χ3n) is 4.94. The molecule has 0 saturated carbocycles. The minimum Gasteiger partial charge on any atom is -0.366 e. The Labute approximate surface area is 181 Å². The Morgan fingerprint density at radius 1 is 1.00 bits per heavy atom. The molecular formula is C21H19N5O4S. The number of aromatic nitrogens is 1. The lowest BCUT2D eigenvalue weighted by Crippen LogP contribution is -2.20. The molecule has 2 amide bonds. The van der Waals surface area contributed by atoms with E-state index in [1.807, 2.05) is 4.90 Å². The molecule has 158 valence electrons. The molecule has 1 aliphatic heterocycles. The number of nitrogens with one attached hydrogen (secondary N) is 2. The van der Waals surface area contributed by atoms with Gasteiger partial charge in [0.2, 0.25) is 0 Å². The van der Waals surface area contributed by atoms with Gasteiger partial charge in [-0.1, -0.05) is 0 Å². The van der Waals surface area contributed by atoms with Gasteiger partial charge in [0.1, 0.15) is 5.69 Å². The number of amides is 2. The van der Waals surface area contributed by atoms with Crippen LogP contribution in [0.3, 0.4) is 0 Å². The molecular weight excluding hydrogens is 418 g/mol. The van der Waals surface area contributed by atoms with E-state index in [0.29, 0.717) is 22.1 Å². The summed E-state index contributed by atoms with van der Waals surface area (Å²) >= 11 is 1.32. The second kappa shape index (κ2) is 8.92. The van der Waals surface area contributed by atoms with Gasteiger partial charge in [0.15, 0.2) is 5.13 Å². The van der Waals surface area contributed by atoms with E-state index in [-0.39, 0.29) is 17.2 Å². The fourth-order valence-electron chi connectivity index (χ4n) is 3.40. The monoisotopic (exact) mass is 437 g/mol. The van der Waals surface area contributed by atoms with Gasteiger partial charge in [0, 0.05) is 47.5 Å². The van der Waals surface area contributed by atoms with Crippen LogP contribution in [0.15, 0.2) is 54.0 Å². The van der Waals surface area contributed by atoms with Crippen molar-refractivity contribution in [2.75, 3.05) is 28.6 Å². The van der Waals surface area contributed by atoms with Crippen LogP contribution in [0, 0.1) is 10.1 Å². The van der Waals surface area contributed by atoms with Gasteiger partial charge >= 0.3 is 0 Å². The van der Waals surface area contributed by atoms with Crippen molar-refractivity contribution in [3.8, 4) is 0 Å². The number of hydrogen-bond donors (Lipinski definition) is 2. The lowest BCUT2D eigenvalue weighted by atomic mass is 10.1. The zero-order valence-electron chi connectivity index (χ0n) is 16.4. The zero-order valence-corrected chi connectivity index (χ0v) is 17.2. The number of nitrogens with zero attached hydrogens (tertiary/aromatic N) is 3. The number of thiazole rings is 1. The molecule has 2 heterocycles. The van der Waals surface area contributed by atoms with Crippen molar-refractivity contribution in [1.82, 2.24) is 4.98 Å². The summed E-state index contributed by atoms with van der Waals surface area (Å²) in [5.74, 6) is -0.767. The minimum atomic E-state index is -0.462. The van der Waals surface area contributed by atoms with Gasteiger partial charge in [-0.25, -0.2) is 4.98 Å². The summed E-state index contributed by atoms with van der Waals surface area (Å²) in [7, 11) is 0. The Hall–Kier alpha value is -3.79. The Morgan fingerprint density at radius 2 is 1.68 bits per heavy atom. The second-order valence-electron chi connectivity index (χ2n) is 6.98. The van der Waals surface area contributed by atoms with Crippen molar-refractivity contribution >= 4 is 45.3 Å². The predicted octanol–water partition coefficient (Wildman–Crippen LogP) is 4.16. The first-order chi connectivity index (χ1) is 15.0. The summed E-state index contributed by atoms with van der Waals surface area (Å²) < 4.78 is 0. The first kappa shape index (κ1) is 20.5. The van der Waals surface area contributed by atoms with Gasteiger partial charge < -0.3 is 10.2 Å². The molecule has 2 aromatic carbocycles. The van der Waals surface area contributed by atoms with Gasteiger partial charge in [-0.15, -0.1) is 11.3 Å². The highest BCUT2D eigenvalue weighted by atomic mass is 32.1. The van der Waals surface area contributed by atoms with E-state index >= 15 is 0 Å². The SMILES string of the molecule is O=C(Nc1ccc(C(=O)Nc2nccs2)cc1)c1ccc(N2CCCC2)c([N+](=O)[O-])c1. The van der Waals surface area contributed by atoms with Crippen LogP contribution < -0.4 is 15.5 Å². The number of nitro groups is 1. The van der Waals surface area contributed by atoms with Crippen LogP contribution >= 0.6 is 11.3 Å². The maximum atomic E-state index is 12.6. The van der Waals surface area contributed by atoms with Crippen LogP contribution in [0.4, 0.5) is 22.2 Å². The van der Waals surface area contributed by atoms with E-state index < -0.39 is 10.8 Å². The predicted molar refractivity (Wildman–Crippen MR) is 119 cm³/mol. The number of anilines is 3. The molecule has 0 unspecified atom stereocenters. The van der Waals surface area contributed by atoms with E-state index in [1.54, 1.807) is 48.0 Å². The number of hydrogen-bond acceptors (Lipinski definition) is 7. The van der Waals surface area contributed by atoms with Crippen molar-refractivity contribution in [3.63, 3.8) is 0 Å². The summed E-state index contributed by atoms with van der Waals surface area (Å²) in [5.41, 5.74) is 1.54. The van der Waals surface area contributed by atoms with E-state index in [9.17, 15) is 19.7 Å². The maximum absolute atomic E-state index is 12.6. The van der Waals surface area contributed by atoms with Crippen LogP contribution in [0.1, 0.15) is 33.6 Å². The van der Waals surface area contributed by atoms with Gasteiger partial charge in [0.25, 0.3) is 17.5 Å². The van der Waals surface area contributed by atoms with Crippen molar-refractivity contribution in [2.24, 2.45) is 0 Å². The van der Waals surface area contributed by atoms with Crippen LogP contribution in [0.2, 0.25) is 0 Å². The first-order valence-corrected chi connectivity index (χ1v) is 10.5. The van der Waals surface area contributed by atoms with Gasteiger partial charge in [-0.3, -0.25) is 25.0 Å². The van der Waals surface area contributed by atoms with E-state index in [1.165, 1.54) is 17.4 Å². The minimum absolute atomic E-state index is 0.0799. The molecule has 2 N–H and O–H groups in total. The zero-order chi connectivity index (χ0) is 21.8. The lowest BCUT2D eigenvalue weighted by Gasteiger charge is -2.17. The first-order valence-electron chi connectivity index (χ1n) is 9.67. The Bertz CT molecular complexity index is 1110. The number of benzene rings is 2. The third-order valence-corrected chi connectivity index (χ3v) is 5.63.